The van der Waals surface area contributed by atoms with Gasteiger partial charge >= 0.3 is 0 Å². The lowest BCUT2D eigenvalue weighted by Gasteiger charge is -2.25. The average molecular weight is 507 g/mol. The number of piperidine rings is 1. The minimum atomic E-state index is 0.400. The molecule has 1 aliphatic heterocycles. The van der Waals surface area contributed by atoms with E-state index in [4.69, 9.17) is 32.4 Å². The number of anilines is 2. The lowest BCUT2D eigenvalue weighted by molar-refractivity contribution is 0.206. The number of pyridine rings is 1. The Balaban J connectivity index is 1.47. The van der Waals surface area contributed by atoms with Crippen LogP contribution in [0.5, 0.6) is 5.75 Å². The number of furan rings is 1. The van der Waals surface area contributed by atoms with Crippen LogP contribution in [-0.2, 0) is 6.54 Å². The third-order valence-electron chi connectivity index (χ3n) is 6.27. The number of nitriles is 1. The first-order chi connectivity index (χ1) is 17.1. The maximum atomic E-state index is 9.71. The Labute approximate surface area is 214 Å². The normalized spacial score (nSPS) is 14.1. The van der Waals surface area contributed by atoms with Gasteiger partial charge in [0, 0.05) is 23.2 Å². The van der Waals surface area contributed by atoms with Crippen LogP contribution in [0.4, 0.5) is 11.4 Å². The van der Waals surface area contributed by atoms with Crippen molar-refractivity contribution in [3.63, 3.8) is 0 Å². The van der Waals surface area contributed by atoms with Crippen LogP contribution in [0, 0.1) is 11.3 Å². The third-order valence-corrected chi connectivity index (χ3v) is 6.87. The van der Waals surface area contributed by atoms with E-state index in [1.54, 1.807) is 18.3 Å². The summed E-state index contributed by atoms with van der Waals surface area (Å²) in [4.78, 5) is 6.96. The van der Waals surface area contributed by atoms with Crippen LogP contribution in [0.25, 0.3) is 22.2 Å². The number of methoxy groups -OCH3 is 1. The molecular weight excluding hydrogens is 483 g/mol. The molecule has 0 amide bonds. The summed E-state index contributed by atoms with van der Waals surface area (Å²) in [7, 11) is 1.54. The molecule has 5 rings (SSSR count). The molecule has 6 nitrogen and oxygen atoms in total. The Morgan fingerprint density at radius 1 is 1.09 bits per heavy atom. The van der Waals surface area contributed by atoms with E-state index in [2.05, 4.69) is 21.3 Å². The van der Waals surface area contributed by atoms with Gasteiger partial charge in [0.2, 0.25) is 0 Å². The molecule has 1 aliphatic rings. The Hall–Kier alpha value is -3.24. The predicted octanol–water partition coefficient (Wildman–Crippen LogP) is 7.41. The minimum absolute atomic E-state index is 0.400. The van der Waals surface area contributed by atoms with Gasteiger partial charge < -0.3 is 14.5 Å². The summed E-state index contributed by atoms with van der Waals surface area (Å²) < 4.78 is 11.5. The molecule has 8 heteroatoms. The molecular formula is C27H24Cl2N4O2. The molecule has 0 aliphatic carbocycles. The van der Waals surface area contributed by atoms with Gasteiger partial charge in [0.05, 0.1) is 46.2 Å². The molecule has 1 fully saturated rings. The molecule has 2 aromatic carbocycles. The average Bonchev–Trinajstić information content (AvgIpc) is 3.34. The van der Waals surface area contributed by atoms with Gasteiger partial charge in [0.1, 0.15) is 23.3 Å². The Morgan fingerprint density at radius 3 is 2.69 bits per heavy atom. The highest BCUT2D eigenvalue weighted by Gasteiger charge is 2.16. The summed E-state index contributed by atoms with van der Waals surface area (Å²) in [6.45, 7) is 3.07. The first-order valence-corrected chi connectivity index (χ1v) is 12.3. The third kappa shape index (κ3) is 4.94. The summed E-state index contributed by atoms with van der Waals surface area (Å²) in [5, 5.41) is 14.6. The largest absolute Gasteiger partial charge is 0.495 e. The summed E-state index contributed by atoms with van der Waals surface area (Å²) in [6.07, 6.45) is 5.36. The number of rotatable bonds is 6. The van der Waals surface area contributed by atoms with Crippen molar-refractivity contribution < 1.29 is 9.15 Å². The van der Waals surface area contributed by atoms with E-state index in [0.717, 1.165) is 47.6 Å². The molecule has 0 radical (unpaired) electrons. The zero-order valence-electron chi connectivity index (χ0n) is 19.3. The highest BCUT2D eigenvalue weighted by Crippen LogP contribution is 2.38. The molecule has 178 valence electrons. The Bertz CT molecular complexity index is 1420. The summed E-state index contributed by atoms with van der Waals surface area (Å²) in [6, 6.07) is 15.5. The highest BCUT2D eigenvalue weighted by molar-refractivity contribution is 6.37. The molecule has 1 N–H and O–H groups in total. The number of ether oxygens (including phenoxy) is 1. The molecule has 0 unspecified atom stereocenters. The number of nitrogens with one attached hydrogen (secondary N) is 1. The maximum absolute atomic E-state index is 9.71. The van der Waals surface area contributed by atoms with E-state index < -0.39 is 0 Å². The van der Waals surface area contributed by atoms with Gasteiger partial charge in [-0.1, -0.05) is 35.7 Å². The number of fused-ring (bicyclic) bond motifs is 1. The molecule has 4 aromatic rings. The first-order valence-electron chi connectivity index (χ1n) is 11.5. The van der Waals surface area contributed by atoms with Crippen LogP contribution >= 0.6 is 23.2 Å². The molecule has 2 aromatic heterocycles. The summed E-state index contributed by atoms with van der Waals surface area (Å²) in [5.74, 6) is 2.24. The smallest absolute Gasteiger partial charge is 0.139 e. The van der Waals surface area contributed by atoms with Crippen LogP contribution in [-0.4, -0.2) is 30.1 Å². The number of hydrogen-bond acceptors (Lipinski definition) is 6. The fourth-order valence-electron chi connectivity index (χ4n) is 4.44. The predicted molar refractivity (Wildman–Crippen MR) is 140 cm³/mol. The van der Waals surface area contributed by atoms with Crippen molar-refractivity contribution in [2.45, 2.75) is 25.8 Å². The van der Waals surface area contributed by atoms with Crippen LogP contribution in [0.15, 0.2) is 53.1 Å². The van der Waals surface area contributed by atoms with Crippen LogP contribution in [0.1, 0.15) is 30.6 Å². The van der Waals surface area contributed by atoms with Crippen molar-refractivity contribution >= 4 is 45.5 Å². The van der Waals surface area contributed by atoms with E-state index in [9.17, 15) is 5.26 Å². The van der Waals surface area contributed by atoms with Gasteiger partial charge in [-0.3, -0.25) is 9.88 Å². The fourth-order valence-corrected chi connectivity index (χ4v) is 4.95. The summed E-state index contributed by atoms with van der Waals surface area (Å²) >= 11 is 12.6. The number of halogens is 2. The number of likely N-dealkylation sites (tertiary alicyclic amines) is 1. The molecule has 1 saturated heterocycles. The zero-order chi connectivity index (χ0) is 24.4. The standard InChI is InChI=1S/C27H24Cl2N4O2/c1-34-26-13-24(21(28)12-22(26)29)32-27-18(14-30)15-31-23-11-17(5-7-20(23)27)25-8-6-19(35-25)16-33-9-3-2-4-10-33/h5-8,11-13,15H,2-4,9-10,16H2,1H3,(H,31,32). The number of hydrogen-bond donors (Lipinski definition) is 1. The topological polar surface area (TPSA) is 74.3 Å². The van der Waals surface area contributed by atoms with E-state index in [1.807, 2.05) is 30.3 Å². The fraction of sp³-hybridized carbons (Fsp3) is 0.259. The molecule has 0 saturated carbocycles. The van der Waals surface area contributed by atoms with Crippen molar-refractivity contribution in [1.82, 2.24) is 9.88 Å². The van der Waals surface area contributed by atoms with Gasteiger partial charge in [-0.05, 0) is 56.3 Å². The summed E-state index contributed by atoms with van der Waals surface area (Å²) in [5.41, 5.74) is 3.25. The highest BCUT2D eigenvalue weighted by atomic mass is 35.5. The van der Waals surface area contributed by atoms with Crippen LogP contribution in [0.2, 0.25) is 10.0 Å². The van der Waals surface area contributed by atoms with E-state index >= 15 is 0 Å². The monoisotopic (exact) mass is 506 g/mol. The number of benzene rings is 2. The van der Waals surface area contributed by atoms with Crippen molar-refractivity contribution in [3.05, 3.63) is 70.0 Å². The van der Waals surface area contributed by atoms with Crippen LogP contribution in [0.3, 0.4) is 0 Å². The minimum Gasteiger partial charge on any atom is -0.495 e. The van der Waals surface area contributed by atoms with Crippen molar-refractivity contribution in [2.75, 3.05) is 25.5 Å². The van der Waals surface area contributed by atoms with Crippen molar-refractivity contribution in [2.24, 2.45) is 0 Å². The Morgan fingerprint density at radius 2 is 1.91 bits per heavy atom. The van der Waals surface area contributed by atoms with E-state index in [1.165, 1.54) is 26.4 Å². The molecule has 35 heavy (non-hydrogen) atoms. The number of nitrogens with zero attached hydrogens (tertiary/aromatic N) is 3. The van der Waals surface area contributed by atoms with E-state index in [-0.39, 0.29) is 0 Å². The van der Waals surface area contributed by atoms with Gasteiger partial charge in [0.25, 0.3) is 0 Å². The lowest BCUT2D eigenvalue weighted by atomic mass is 10.1. The first kappa shape index (κ1) is 23.5. The van der Waals surface area contributed by atoms with Gasteiger partial charge in [-0.25, -0.2) is 0 Å². The van der Waals surface area contributed by atoms with Gasteiger partial charge in [-0.15, -0.1) is 0 Å². The lowest BCUT2D eigenvalue weighted by Crippen LogP contribution is -2.28. The van der Waals surface area contributed by atoms with Gasteiger partial charge in [-0.2, -0.15) is 5.26 Å². The molecule has 0 spiro atoms. The second-order valence-corrected chi connectivity index (χ2v) is 9.40. The maximum Gasteiger partial charge on any atom is 0.139 e. The zero-order valence-corrected chi connectivity index (χ0v) is 20.8. The number of aromatic nitrogens is 1. The molecule has 0 bridgehead atoms. The van der Waals surface area contributed by atoms with E-state index in [0.29, 0.717) is 32.7 Å². The van der Waals surface area contributed by atoms with Crippen molar-refractivity contribution in [3.8, 4) is 23.1 Å². The Kier molecular flexibility index (Phi) is 6.83. The van der Waals surface area contributed by atoms with Crippen molar-refractivity contribution in [1.29, 1.82) is 5.26 Å². The molecule has 3 heterocycles. The second-order valence-electron chi connectivity index (χ2n) is 8.58. The quantitative estimate of drug-likeness (QED) is 0.293. The van der Waals surface area contributed by atoms with Crippen LogP contribution < -0.4 is 10.1 Å². The molecule has 0 atom stereocenters. The SMILES string of the molecule is COc1cc(Nc2c(C#N)cnc3cc(-c4ccc(CN5CCCCC5)o4)ccc23)c(Cl)cc1Cl. The second kappa shape index (κ2) is 10.2. The van der Waals surface area contributed by atoms with Gasteiger partial charge in [0.15, 0.2) is 0 Å².